The molecule has 2 N–H and O–H groups in total. The molecule has 1 saturated heterocycles. The Morgan fingerprint density at radius 3 is 2.26 bits per heavy atom. The quantitative estimate of drug-likeness (QED) is 0.415. The van der Waals surface area contributed by atoms with E-state index in [-0.39, 0.29) is 42.1 Å². The molecule has 2 aliphatic rings. The van der Waals surface area contributed by atoms with Gasteiger partial charge in [-0.2, -0.15) is 0 Å². The number of hydrogen-bond acceptors (Lipinski definition) is 4. The maximum Gasteiger partial charge on any atom is 0.251 e. The van der Waals surface area contributed by atoms with Crippen LogP contribution >= 0.6 is 0 Å². The number of carbonyl (C=O) groups excluding carboxylic acids is 2. The summed E-state index contributed by atoms with van der Waals surface area (Å²) in [5, 5.41) is 6.27. The number of piperidine rings is 1. The average Bonchev–Trinajstić information content (AvgIpc) is 2.88. The highest BCUT2D eigenvalue weighted by Gasteiger charge is 2.35. The third-order valence-corrected chi connectivity index (χ3v) is 9.27. The molecule has 2 amide bonds. The lowest BCUT2D eigenvalue weighted by Gasteiger charge is -2.36. The number of sulfonamides is 1. The number of hydrogen-bond donors (Lipinski definition) is 2. The fourth-order valence-corrected chi connectivity index (χ4v) is 6.86. The van der Waals surface area contributed by atoms with Crippen LogP contribution in [0.4, 0.5) is 0 Å². The van der Waals surface area contributed by atoms with Gasteiger partial charge in [0.05, 0.1) is 11.7 Å². The Kier molecular flexibility index (Phi) is 11.0. The lowest BCUT2D eigenvalue weighted by Crippen LogP contribution is -2.55. The predicted molar refractivity (Wildman–Crippen MR) is 140 cm³/mol. The first-order chi connectivity index (χ1) is 16.9. The third-order valence-electron chi connectivity index (χ3n) is 7.35. The van der Waals surface area contributed by atoms with Crippen LogP contribution in [0.2, 0.25) is 0 Å². The Morgan fingerprint density at radius 2 is 1.54 bits per heavy atom. The molecule has 196 valence electrons. The highest BCUT2D eigenvalue weighted by atomic mass is 32.2. The van der Waals surface area contributed by atoms with Crippen molar-refractivity contribution < 1.29 is 18.0 Å². The second kappa shape index (κ2) is 14.0. The molecule has 0 aromatic heterocycles. The van der Waals surface area contributed by atoms with Gasteiger partial charge >= 0.3 is 0 Å². The van der Waals surface area contributed by atoms with Crippen molar-refractivity contribution in [3.63, 3.8) is 0 Å². The fourth-order valence-electron chi connectivity index (χ4n) is 5.22. The van der Waals surface area contributed by atoms with Gasteiger partial charge in [0.1, 0.15) is 0 Å². The molecular weight excluding hydrogens is 462 g/mol. The first-order valence-corrected chi connectivity index (χ1v) is 15.2. The number of unbranched alkanes of at least 4 members (excludes halogenated alkanes) is 5. The van der Waals surface area contributed by atoms with Gasteiger partial charge in [-0.3, -0.25) is 9.59 Å². The van der Waals surface area contributed by atoms with Gasteiger partial charge in [0.15, 0.2) is 0 Å². The van der Waals surface area contributed by atoms with E-state index in [1.54, 1.807) is 12.1 Å². The molecule has 8 heteroatoms. The third kappa shape index (κ3) is 8.60. The maximum atomic E-state index is 13.2. The van der Waals surface area contributed by atoms with Crippen LogP contribution in [0.5, 0.6) is 0 Å². The van der Waals surface area contributed by atoms with E-state index >= 15 is 0 Å². The van der Waals surface area contributed by atoms with Crippen LogP contribution in [-0.2, 0) is 14.8 Å². The molecule has 0 bridgehead atoms. The number of rotatable bonds is 12. The van der Waals surface area contributed by atoms with Crippen molar-refractivity contribution in [2.45, 2.75) is 96.1 Å². The Labute approximate surface area is 211 Å². The minimum absolute atomic E-state index is 0.0877. The minimum atomic E-state index is -3.34. The first-order valence-electron chi connectivity index (χ1n) is 13.5. The van der Waals surface area contributed by atoms with Gasteiger partial charge in [-0.05, 0) is 44.2 Å². The van der Waals surface area contributed by atoms with Crippen molar-refractivity contribution in [3.8, 4) is 0 Å². The van der Waals surface area contributed by atoms with Crippen molar-refractivity contribution >= 4 is 21.8 Å². The van der Waals surface area contributed by atoms with Gasteiger partial charge in [0.25, 0.3) is 5.91 Å². The molecule has 2 fully saturated rings. The lowest BCUT2D eigenvalue weighted by atomic mass is 9.89. The molecule has 1 aromatic rings. The average molecular weight is 506 g/mol. The van der Waals surface area contributed by atoms with E-state index in [2.05, 4.69) is 17.6 Å². The zero-order valence-electron chi connectivity index (χ0n) is 21.2. The van der Waals surface area contributed by atoms with Crippen LogP contribution in [0, 0.1) is 5.92 Å². The van der Waals surface area contributed by atoms with Crippen LogP contribution in [0.3, 0.4) is 0 Å². The standard InChI is InChI=1S/C27H43N3O4S/c1-2-3-4-5-6-12-20-35(33,34)30-19-13-16-23(21-30)27(32)29-25-18-11-10-17-24(25)28-26(31)22-14-8-7-9-15-22/h7-9,14-15,23-25H,2-6,10-13,16-21H2,1H3,(H,28,31)(H,29,32)/t23-,24+,25+/m0/s1. The van der Waals surface area contributed by atoms with Crippen molar-refractivity contribution in [1.29, 1.82) is 0 Å². The van der Waals surface area contributed by atoms with Gasteiger partial charge in [-0.25, -0.2) is 12.7 Å². The van der Waals surface area contributed by atoms with Crippen molar-refractivity contribution in [2.75, 3.05) is 18.8 Å². The molecule has 35 heavy (non-hydrogen) atoms. The number of amides is 2. The van der Waals surface area contributed by atoms with Gasteiger partial charge in [0.2, 0.25) is 15.9 Å². The number of benzene rings is 1. The summed E-state index contributed by atoms with van der Waals surface area (Å²) >= 11 is 0. The van der Waals surface area contributed by atoms with E-state index in [9.17, 15) is 18.0 Å². The summed E-state index contributed by atoms with van der Waals surface area (Å²) < 4.78 is 27.3. The topological polar surface area (TPSA) is 95.6 Å². The first kappa shape index (κ1) is 27.7. The molecule has 3 atom stereocenters. The molecule has 1 aliphatic heterocycles. The molecule has 3 rings (SSSR count). The van der Waals surface area contributed by atoms with Crippen LogP contribution in [0.25, 0.3) is 0 Å². The molecule has 1 aliphatic carbocycles. The van der Waals surface area contributed by atoms with Crippen molar-refractivity contribution in [3.05, 3.63) is 35.9 Å². The largest absolute Gasteiger partial charge is 0.351 e. The molecule has 1 saturated carbocycles. The summed E-state index contributed by atoms with van der Waals surface area (Å²) in [5.74, 6) is -0.379. The van der Waals surface area contributed by atoms with Gasteiger partial charge < -0.3 is 10.6 Å². The van der Waals surface area contributed by atoms with E-state index in [1.807, 2.05) is 18.2 Å². The molecule has 1 heterocycles. The Balaban J connectivity index is 1.50. The fraction of sp³-hybridized carbons (Fsp3) is 0.704. The summed E-state index contributed by atoms with van der Waals surface area (Å²) in [7, 11) is -3.34. The molecule has 0 unspecified atom stereocenters. The van der Waals surface area contributed by atoms with E-state index in [4.69, 9.17) is 0 Å². The van der Waals surface area contributed by atoms with E-state index in [0.717, 1.165) is 44.9 Å². The van der Waals surface area contributed by atoms with Gasteiger partial charge in [0, 0.05) is 30.7 Å². The normalized spacial score (nSPS) is 23.5. The number of carbonyl (C=O) groups is 2. The monoisotopic (exact) mass is 505 g/mol. The molecule has 1 aromatic carbocycles. The zero-order chi connectivity index (χ0) is 25.1. The molecular formula is C27H43N3O4S. The summed E-state index contributed by atoms with van der Waals surface area (Å²) in [5.41, 5.74) is 0.613. The molecule has 0 spiro atoms. The highest BCUT2D eigenvalue weighted by Crippen LogP contribution is 2.23. The Morgan fingerprint density at radius 1 is 0.886 bits per heavy atom. The summed E-state index contributed by atoms with van der Waals surface area (Å²) in [6.07, 6.45) is 11.3. The smallest absolute Gasteiger partial charge is 0.251 e. The molecule has 0 radical (unpaired) electrons. The Bertz CT molecular complexity index is 906. The van der Waals surface area contributed by atoms with Crippen LogP contribution in [0.15, 0.2) is 30.3 Å². The van der Waals surface area contributed by atoms with E-state index in [0.29, 0.717) is 31.4 Å². The van der Waals surface area contributed by atoms with Crippen molar-refractivity contribution in [1.82, 2.24) is 14.9 Å². The lowest BCUT2D eigenvalue weighted by molar-refractivity contribution is -0.127. The number of nitrogens with zero attached hydrogens (tertiary/aromatic N) is 1. The second-order valence-corrected chi connectivity index (χ2v) is 12.2. The van der Waals surface area contributed by atoms with E-state index in [1.165, 1.54) is 17.1 Å². The van der Waals surface area contributed by atoms with Crippen molar-refractivity contribution in [2.24, 2.45) is 5.92 Å². The van der Waals surface area contributed by atoms with E-state index < -0.39 is 10.0 Å². The van der Waals surface area contributed by atoms with Crippen LogP contribution < -0.4 is 10.6 Å². The summed E-state index contributed by atoms with van der Waals surface area (Å²) in [4.78, 5) is 25.8. The van der Waals surface area contributed by atoms with Crippen LogP contribution in [0.1, 0.15) is 94.3 Å². The second-order valence-electron chi connectivity index (χ2n) is 10.1. The highest BCUT2D eigenvalue weighted by molar-refractivity contribution is 7.89. The summed E-state index contributed by atoms with van der Waals surface area (Å²) in [6.45, 7) is 2.93. The summed E-state index contributed by atoms with van der Waals surface area (Å²) in [6, 6.07) is 8.88. The minimum Gasteiger partial charge on any atom is -0.351 e. The maximum absolute atomic E-state index is 13.2. The predicted octanol–water partition coefficient (Wildman–Crippen LogP) is 4.25. The van der Waals surface area contributed by atoms with Gasteiger partial charge in [-0.1, -0.05) is 70.1 Å². The number of nitrogens with one attached hydrogen (secondary N) is 2. The SMILES string of the molecule is CCCCCCCCS(=O)(=O)N1CCC[C@H](C(=O)N[C@@H]2CCCC[C@H]2NC(=O)c2ccccc2)C1. The van der Waals surface area contributed by atoms with Gasteiger partial charge in [-0.15, -0.1) is 0 Å². The Hall–Kier alpha value is -1.93. The van der Waals surface area contributed by atoms with Crippen LogP contribution in [-0.4, -0.2) is 55.5 Å². The zero-order valence-corrected chi connectivity index (χ0v) is 22.0. The molecule has 7 nitrogen and oxygen atoms in total.